The molecule has 2 rings (SSSR count). The van der Waals surface area contributed by atoms with Crippen LogP contribution in [0.2, 0.25) is 5.02 Å². The van der Waals surface area contributed by atoms with Crippen LogP contribution in [0.4, 0.5) is 13.2 Å². The van der Waals surface area contributed by atoms with E-state index in [4.69, 9.17) is 11.6 Å². The van der Waals surface area contributed by atoms with Crippen LogP contribution in [-0.4, -0.2) is 4.98 Å². The van der Waals surface area contributed by atoms with Gasteiger partial charge in [0.1, 0.15) is 5.69 Å². The van der Waals surface area contributed by atoms with Gasteiger partial charge in [-0.2, -0.15) is 13.2 Å². The van der Waals surface area contributed by atoms with Crippen molar-refractivity contribution in [2.24, 2.45) is 0 Å². The van der Waals surface area contributed by atoms with Crippen LogP contribution in [0.3, 0.4) is 0 Å². The molecule has 0 aliphatic heterocycles. The normalized spacial score (nSPS) is 12.1. The number of hydrogen-bond acceptors (Lipinski definition) is 1. The van der Waals surface area contributed by atoms with Crippen molar-refractivity contribution >= 4 is 45.1 Å². The summed E-state index contributed by atoms with van der Waals surface area (Å²) in [6.07, 6.45) is -4.57. The first-order valence-corrected chi connectivity index (χ1v) is 5.84. The van der Waals surface area contributed by atoms with E-state index in [1.807, 2.05) is 22.6 Å². The Kier molecular flexibility index (Phi) is 3.11. The summed E-state index contributed by atoms with van der Waals surface area (Å²) in [7, 11) is 0. The van der Waals surface area contributed by atoms with E-state index in [1.165, 1.54) is 12.1 Å². The molecule has 1 aromatic heterocycles. The number of benzene rings is 1. The molecule has 7 heteroatoms. The highest BCUT2D eigenvalue weighted by molar-refractivity contribution is 14.1. The van der Waals surface area contributed by atoms with Crippen molar-refractivity contribution in [3.63, 3.8) is 0 Å². The Labute approximate surface area is 112 Å². The molecule has 0 aliphatic rings. The molecule has 0 fully saturated rings. The van der Waals surface area contributed by atoms with Crippen LogP contribution in [0.5, 0.6) is 0 Å². The van der Waals surface area contributed by atoms with Crippen molar-refractivity contribution in [3.05, 3.63) is 42.7 Å². The molecule has 0 saturated heterocycles. The average Bonchev–Trinajstić information content (AvgIpc) is 2.17. The molecule has 2 nitrogen and oxygen atoms in total. The average molecular weight is 373 g/mol. The smallest absolute Gasteiger partial charge is 0.350 e. The number of alkyl halides is 3. The lowest BCUT2D eigenvalue weighted by molar-refractivity contribution is -0.141. The minimum atomic E-state index is -4.57. The molecule has 0 saturated carbocycles. The molecule has 0 radical (unpaired) electrons. The summed E-state index contributed by atoms with van der Waals surface area (Å²) < 4.78 is 38.0. The van der Waals surface area contributed by atoms with Crippen LogP contribution in [-0.2, 0) is 6.18 Å². The second-order valence-electron chi connectivity index (χ2n) is 3.36. The van der Waals surface area contributed by atoms with Crippen LogP contribution in [0.1, 0.15) is 5.69 Å². The zero-order valence-corrected chi connectivity index (χ0v) is 10.9. The maximum atomic E-state index is 12.5. The van der Waals surface area contributed by atoms with Gasteiger partial charge in [0.05, 0.1) is 5.52 Å². The number of H-pyrrole nitrogens is 1. The molecule has 2 aromatic rings. The van der Waals surface area contributed by atoms with E-state index >= 15 is 0 Å². The molecule has 0 unspecified atom stereocenters. The molecule has 0 aliphatic carbocycles. The van der Waals surface area contributed by atoms with Crippen molar-refractivity contribution in [3.8, 4) is 0 Å². The van der Waals surface area contributed by atoms with E-state index in [2.05, 4.69) is 4.98 Å². The zero-order valence-electron chi connectivity index (χ0n) is 8.03. The molecular weight excluding hydrogens is 369 g/mol. The van der Waals surface area contributed by atoms with Crippen molar-refractivity contribution in [2.45, 2.75) is 6.18 Å². The van der Waals surface area contributed by atoms with Gasteiger partial charge in [-0.3, -0.25) is 4.79 Å². The van der Waals surface area contributed by atoms with Crippen LogP contribution >= 0.6 is 34.2 Å². The maximum absolute atomic E-state index is 12.5. The highest BCUT2D eigenvalue weighted by Gasteiger charge is 2.32. The number of aromatic nitrogens is 1. The second-order valence-corrected chi connectivity index (χ2v) is 4.95. The van der Waals surface area contributed by atoms with Crippen molar-refractivity contribution in [1.29, 1.82) is 0 Å². The van der Waals surface area contributed by atoms with Crippen molar-refractivity contribution in [1.82, 2.24) is 4.98 Å². The molecule has 90 valence electrons. The first-order chi connectivity index (χ1) is 7.79. The molecule has 1 heterocycles. The molecule has 17 heavy (non-hydrogen) atoms. The van der Waals surface area contributed by atoms with Gasteiger partial charge in [0.25, 0.3) is 0 Å². The topological polar surface area (TPSA) is 32.9 Å². The van der Waals surface area contributed by atoms with E-state index in [0.717, 1.165) is 0 Å². The predicted molar refractivity (Wildman–Crippen MR) is 67.3 cm³/mol. The predicted octanol–water partition coefficient (Wildman–Crippen LogP) is 3.80. The summed E-state index contributed by atoms with van der Waals surface area (Å²) in [6.45, 7) is 0. The Hall–Kier alpha value is -0.760. The van der Waals surface area contributed by atoms with E-state index in [0.29, 0.717) is 14.7 Å². The lowest BCUT2D eigenvalue weighted by atomic mass is 10.2. The minimum absolute atomic E-state index is 0.148. The third kappa shape index (κ3) is 2.42. The summed E-state index contributed by atoms with van der Waals surface area (Å²) >= 11 is 7.57. The van der Waals surface area contributed by atoms with Gasteiger partial charge in [-0.1, -0.05) is 11.6 Å². The number of nitrogens with one attached hydrogen (secondary N) is 1. The first kappa shape index (κ1) is 12.7. The summed E-state index contributed by atoms with van der Waals surface area (Å²) in [4.78, 5) is 13.8. The molecular formula is C10H4ClF3INO. The van der Waals surface area contributed by atoms with Gasteiger partial charge in [0, 0.05) is 20.0 Å². The first-order valence-electron chi connectivity index (χ1n) is 4.38. The van der Waals surface area contributed by atoms with Crippen LogP contribution in [0, 0.1) is 3.57 Å². The lowest BCUT2D eigenvalue weighted by Gasteiger charge is -2.09. The van der Waals surface area contributed by atoms with Crippen LogP contribution in [0.25, 0.3) is 10.9 Å². The fraction of sp³-hybridized carbons (Fsp3) is 0.100. The van der Waals surface area contributed by atoms with Gasteiger partial charge in [-0.05, 0) is 34.7 Å². The van der Waals surface area contributed by atoms with E-state index in [1.54, 1.807) is 0 Å². The number of aromatic amines is 1. The fourth-order valence-electron chi connectivity index (χ4n) is 1.43. The Morgan fingerprint density at radius 3 is 2.47 bits per heavy atom. The Bertz CT molecular complexity index is 650. The number of fused-ring (bicyclic) bond motifs is 1. The number of hydrogen-bond donors (Lipinski definition) is 1. The monoisotopic (exact) mass is 373 g/mol. The highest BCUT2D eigenvalue weighted by atomic mass is 127. The molecule has 0 amide bonds. The largest absolute Gasteiger partial charge is 0.431 e. The molecule has 0 bridgehead atoms. The van der Waals surface area contributed by atoms with E-state index in [-0.39, 0.29) is 10.9 Å². The Morgan fingerprint density at radius 1 is 1.24 bits per heavy atom. The minimum Gasteiger partial charge on any atom is -0.350 e. The second kappa shape index (κ2) is 4.16. The van der Waals surface area contributed by atoms with Gasteiger partial charge in [-0.15, -0.1) is 0 Å². The van der Waals surface area contributed by atoms with Gasteiger partial charge < -0.3 is 4.98 Å². The molecule has 0 spiro atoms. The summed E-state index contributed by atoms with van der Waals surface area (Å²) in [6, 6.07) is 3.37. The van der Waals surface area contributed by atoms with Gasteiger partial charge in [0.2, 0.25) is 0 Å². The van der Waals surface area contributed by atoms with E-state index < -0.39 is 17.3 Å². The molecule has 1 aromatic carbocycles. The SMILES string of the molecule is O=c1cc(C(F)(F)F)[nH]c2c(I)cc(Cl)cc12. The number of halogens is 5. The summed E-state index contributed by atoms with van der Waals surface area (Å²) in [5, 5.41) is 0.460. The molecule has 1 N–H and O–H groups in total. The maximum Gasteiger partial charge on any atom is 0.431 e. The fourth-order valence-corrected chi connectivity index (χ4v) is 2.59. The number of rotatable bonds is 0. The van der Waals surface area contributed by atoms with E-state index in [9.17, 15) is 18.0 Å². The Balaban J connectivity index is 2.88. The highest BCUT2D eigenvalue weighted by Crippen LogP contribution is 2.29. The quantitative estimate of drug-likeness (QED) is 0.700. The van der Waals surface area contributed by atoms with Gasteiger partial charge in [-0.25, -0.2) is 0 Å². The third-order valence-corrected chi connectivity index (χ3v) is 3.23. The number of pyridine rings is 1. The van der Waals surface area contributed by atoms with Crippen molar-refractivity contribution < 1.29 is 13.2 Å². The van der Waals surface area contributed by atoms with Gasteiger partial charge >= 0.3 is 6.18 Å². The van der Waals surface area contributed by atoms with Crippen LogP contribution in [0.15, 0.2) is 23.0 Å². The molecule has 0 atom stereocenters. The van der Waals surface area contributed by atoms with Gasteiger partial charge in [0.15, 0.2) is 5.43 Å². The standard InChI is InChI=1S/C10H4ClF3INO/c11-4-1-5-7(17)3-8(10(12,13)14)16-9(5)6(15)2-4/h1-3H,(H,16,17). The Morgan fingerprint density at radius 2 is 1.88 bits per heavy atom. The summed E-state index contributed by atoms with van der Waals surface area (Å²) in [5.41, 5.74) is -1.61. The van der Waals surface area contributed by atoms with Crippen LogP contribution < -0.4 is 5.43 Å². The third-order valence-electron chi connectivity index (χ3n) is 2.16. The lowest BCUT2D eigenvalue weighted by Crippen LogP contribution is -2.14. The summed E-state index contributed by atoms with van der Waals surface area (Å²) in [5.74, 6) is 0. The zero-order chi connectivity index (χ0) is 12.8. The van der Waals surface area contributed by atoms with Crippen molar-refractivity contribution in [2.75, 3.05) is 0 Å².